The molecule has 0 radical (unpaired) electrons. The van der Waals surface area contributed by atoms with Crippen molar-refractivity contribution in [3.05, 3.63) is 30.2 Å². The molecule has 116 valence electrons. The van der Waals surface area contributed by atoms with Gasteiger partial charge in [-0.3, -0.25) is 9.59 Å². The number of piperazine rings is 1. The van der Waals surface area contributed by atoms with Gasteiger partial charge < -0.3 is 14.6 Å². The summed E-state index contributed by atoms with van der Waals surface area (Å²) in [7, 11) is 0. The number of hydrogen-bond acceptors (Lipinski definition) is 4. The van der Waals surface area contributed by atoms with Gasteiger partial charge in [0.1, 0.15) is 16.9 Å². The van der Waals surface area contributed by atoms with Gasteiger partial charge >= 0.3 is 0 Å². The van der Waals surface area contributed by atoms with Crippen molar-refractivity contribution in [2.45, 2.75) is 24.8 Å². The summed E-state index contributed by atoms with van der Waals surface area (Å²) in [4.78, 5) is 30.2. The molecular formula is C15H16ClN3O3. The standard InChI is InChI=1S/C15H16ClN3O3/c1-9(16)15(21)19-7-6-17-14(20)11(19)8-13-18-10-4-2-3-5-12(10)22-13/h2-5,9,11H,6-8H2,1H3,(H,17,20). The van der Waals surface area contributed by atoms with Crippen LogP contribution in [0.5, 0.6) is 0 Å². The van der Waals surface area contributed by atoms with Gasteiger partial charge in [0.25, 0.3) is 0 Å². The fourth-order valence-corrected chi connectivity index (χ4v) is 2.71. The fourth-order valence-electron chi connectivity index (χ4n) is 2.58. The van der Waals surface area contributed by atoms with E-state index in [2.05, 4.69) is 10.3 Å². The molecule has 0 spiro atoms. The minimum absolute atomic E-state index is 0.209. The smallest absolute Gasteiger partial charge is 0.243 e. The SMILES string of the molecule is CC(Cl)C(=O)N1CCNC(=O)C1Cc1nc2ccccc2o1. The van der Waals surface area contributed by atoms with E-state index < -0.39 is 11.4 Å². The quantitative estimate of drug-likeness (QED) is 0.865. The molecule has 2 unspecified atom stereocenters. The topological polar surface area (TPSA) is 75.4 Å². The number of alkyl halides is 1. The van der Waals surface area contributed by atoms with E-state index in [0.29, 0.717) is 24.6 Å². The summed E-state index contributed by atoms with van der Waals surface area (Å²) in [5, 5.41) is 2.10. The molecule has 1 saturated heterocycles. The Labute approximate surface area is 132 Å². The molecule has 1 aromatic carbocycles. The normalized spacial score (nSPS) is 20.0. The van der Waals surface area contributed by atoms with Crippen LogP contribution in [0.1, 0.15) is 12.8 Å². The largest absolute Gasteiger partial charge is 0.441 e. The fraction of sp³-hybridized carbons (Fsp3) is 0.400. The number of rotatable bonds is 3. The van der Waals surface area contributed by atoms with Crippen molar-refractivity contribution in [3.8, 4) is 0 Å². The van der Waals surface area contributed by atoms with Gasteiger partial charge in [-0.15, -0.1) is 11.6 Å². The monoisotopic (exact) mass is 321 g/mol. The summed E-state index contributed by atoms with van der Waals surface area (Å²) in [5.41, 5.74) is 1.40. The van der Waals surface area contributed by atoms with Crippen molar-refractivity contribution in [2.75, 3.05) is 13.1 Å². The molecule has 1 N–H and O–H groups in total. The van der Waals surface area contributed by atoms with Crippen molar-refractivity contribution in [1.29, 1.82) is 0 Å². The molecule has 0 aliphatic carbocycles. The van der Waals surface area contributed by atoms with Crippen LogP contribution in [0, 0.1) is 0 Å². The van der Waals surface area contributed by atoms with Gasteiger partial charge in [-0.1, -0.05) is 12.1 Å². The first-order valence-corrected chi connectivity index (χ1v) is 7.56. The third kappa shape index (κ3) is 2.78. The first-order valence-electron chi connectivity index (χ1n) is 7.13. The van der Waals surface area contributed by atoms with Crippen LogP contribution in [0.15, 0.2) is 28.7 Å². The van der Waals surface area contributed by atoms with E-state index in [9.17, 15) is 9.59 Å². The summed E-state index contributed by atoms with van der Waals surface area (Å²) in [6.07, 6.45) is 0.232. The Morgan fingerprint density at radius 2 is 2.32 bits per heavy atom. The van der Waals surface area contributed by atoms with E-state index in [-0.39, 0.29) is 18.2 Å². The van der Waals surface area contributed by atoms with E-state index in [1.165, 1.54) is 4.90 Å². The molecule has 2 heterocycles. The number of amides is 2. The number of oxazole rings is 1. The number of carbonyl (C=O) groups excluding carboxylic acids is 2. The highest BCUT2D eigenvalue weighted by Gasteiger charge is 2.35. The highest BCUT2D eigenvalue weighted by Crippen LogP contribution is 2.19. The number of aromatic nitrogens is 1. The van der Waals surface area contributed by atoms with Crippen LogP contribution in [0.4, 0.5) is 0 Å². The number of benzene rings is 1. The lowest BCUT2D eigenvalue weighted by Crippen LogP contribution is -2.59. The van der Waals surface area contributed by atoms with Crippen LogP contribution in [0.25, 0.3) is 11.1 Å². The molecular weight excluding hydrogens is 306 g/mol. The van der Waals surface area contributed by atoms with Crippen molar-refractivity contribution >= 4 is 34.5 Å². The number of nitrogens with zero attached hydrogens (tertiary/aromatic N) is 2. The third-order valence-corrected chi connectivity index (χ3v) is 3.85. The van der Waals surface area contributed by atoms with Crippen LogP contribution in [0.2, 0.25) is 0 Å². The van der Waals surface area contributed by atoms with Crippen molar-refractivity contribution in [3.63, 3.8) is 0 Å². The molecule has 0 saturated carbocycles. The Hall–Kier alpha value is -2.08. The van der Waals surface area contributed by atoms with E-state index in [0.717, 1.165) is 5.52 Å². The number of para-hydroxylation sites is 2. The molecule has 22 heavy (non-hydrogen) atoms. The van der Waals surface area contributed by atoms with E-state index in [1.54, 1.807) is 6.92 Å². The lowest BCUT2D eigenvalue weighted by Gasteiger charge is -2.35. The van der Waals surface area contributed by atoms with Crippen molar-refractivity contribution in [1.82, 2.24) is 15.2 Å². The van der Waals surface area contributed by atoms with Gasteiger partial charge in [-0.05, 0) is 19.1 Å². The number of halogens is 1. The molecule has 2 aromatic rings. The molecule has 1 aliphatic heterocycles. The molecule has 3 rings (SSSR count). The Morgan fingerprint density at radius 3 is 3.05 bits per heavy atom. The lowest BCUT2D eigenvalue weighted by molar-refractivity contribution is -0.142. The summed E-state index contributed by atoms with van der Waals surface area (Å²) in [5.74, 6) is -0.0277. The van der Waals surface area contributed by atoms with Gasteiger partial charge in [-0.25, -0.2) is 4.98 Å². The Bertz CT molecular complexity index is 680. The van der Waals surface area contributed by atoms with Gasteiger partial charge in [0.2, 0.25) is 11.8 Å². The Balaban J connectivity index is 1.86. The van der Waals surface area contributed by atoms with Crippen LogP contribution in [-0.2, 0) is 16.0 Å². The number of fused-ring (bicyclic) bond motifs is 1. The molecule has 2 atom stereocenters. The molecule has 7 heteroatoms. The van der Waals surface area contributed by atoms with Crippen LogP contribution < -0.4 is 5.32 Å². The maximum absolute atomic E-state index is 12.2. The zero-order valence-electron chi connectivity index (χ0n) is 12.1. The Kier molecular flexibility index (Phi) is 4.02. The first kappa shape index (κ1) is 14.8. The predicted molar refractivity (Wildman–Crippen MR) is 81.5 cm³/mol. The third-order valence-electron chi connectivity index (χ3n) is 3.66. The summed E-state index contributed by atoms with van der Waals surface area (Å²) < 4.78 is 5.65. The van der Waals surface area contributed by atoms with E-state index in [1.807, 2.05) is 24.3 Å². The van der Waals surface area contributed by atoms with Crippen molar-refractivity contribution < 1.29 is 14.0 Å². The predicted octanol–water partition coefficient (Wildman–Crippen LogP) is 1.32. The second-order valence-electron chi connectivity index (χ2n) is 5.23. The minimum Gasteiger partial charge on any atom is -0.441 e. The van der Waals surface area contributed by atoms with Gasteiger partial charge in [0, 0.05) is 13.1 Å². The Morgan fingerprint density at radius 1 is 1.55 bits per heavy atom. The second kappa shape index (κ2) is 5.96. The number of nitrogens with one attached hydrogen (secondary N) is 1. The molecule has 6 nitrogen and oxygen atoms in total. The first-order chi connectivity index (χ1) is 10.6. The van der Waals surface area contributed by atoms with Gasteiger partial charge in [0.15, 0.2) is 11.5 Å². The van der Waals surface area contributed by atoms with Crippen molar-refractivity contribution in [2.24, 2.45) is 0 Å². The van der Waals surface area contributed by atoms with E-state index in [4.69, 9.17) is 16.0 Å². The molecule has 1 aromatic heterocycles. The molecule has 1 aliphatic rings. The van der Waals surface area contributed by atoms with Gasteiger partial charge in [0.05, 0.1) is 6.42 Å². The van der Waals surface area contributed by atoms with Crippen LogP contribution in [0.3, 0.4) is 0 Å². The average molecular weight is 322 g/mol. The number of hydrogen-bond donors (Lipinski definition) is 1. The lowest BCUT2D eigenvalue weighted by atomic mass is 10.1. The maximum Gasteiger partial charge on any atom is 0.243 e. The van der Waals surface area contributed by atoms with E-state index >= 15 is 0 Å². The summed E-state index contributed by atoms with van der Waals surface area (Å²) >= 11 is 5.88. The average Bonchev–Trinajstić information content (AvgIpc) is 2.91. The maximum atomic E-state index is 12.2. The highest BCUT2D eigenvalue weighted by molar-refractivity contribution is 6.30. The van der Waals surface area contributed by atoms with Crippen LogP contribution in [-0.4, -0.2) is 46.2 Å². The van der Waals surface area contributed by atoms with Gasteiger partial charge in [-0.2, -0.15) is 0 Å². The second-order valence-corrected chi connectivity index (χ2v) is 5.89. The summed E-state index contributed by atoms with van der Waals surface area (Å²) in [6, 6.07) is 6.74. The highest BCUT2D eigenvalue weighted by atomic mass is 35.5. The zero-order valence-corrected chi connectivity index (χ0v) is 12.8. The molecule has 0 bridgehead atoms. The summed E-state index contributed by atoms with van der Waals surface area (Å²) in [6.45, 7) is 2.47. The van der Waals surface area contributed by atoms with Crippen LogP contribution >= 0.6 is 11.6 Å². The number of carbonyl (C=O) groups is 2. The minimum atomic E-state index is -0.669. The molecule has 1 fully saturated rings. The molecule has 2 amide bonds. The zero-order chi connectivity index (χ0) is 15.7.